The first-order chi connectivity index (χ1) is 22.0. The number of benzene rings is 2. The van der Waals surface area contributed by atoms with E-state index in [1.807, 2.05) is 19.9 Å². The summed E-state index contributed by atoms with van der Waals surface area (Å²) in [5.41, 5.74) is 3.15. The third-order valence-electron chi connectivity index (χ3n) is 8.12. The summed E-state index contributed by atoms with van der Waals surface area (Å²) in [7, 11) is 0. The number of carbonyl (C=O) groups is 3. The van der Waals surface area contributed by atoms with Gasteiger partial charge in [-0.3, -0.25) is 19.4 Å². The highest BCUT2D eigenvalue weighted by Crippen LogP contribution is 2.34. The van der Waals surface area contributed by atoms with Gasteiger partial charge in [-0.15, -0.1) is 24.5 Å². The maximum absolute atomic E-state index is 13.7. The number of nitrogens with zero attached hydrogens (tertiary/aromatic N) is 4. The van der Waals surface area contributed by atoms with Gasteiger partial charge in [0.25, 0.3) is 11.8 Å². The summed E-state index contributed by atoms with van der Waals surface area (Å²) < 4.78 is 41.9. The van der Waals surface area contributed by atoms with Crippen molar-refractivity contribution >= 4 is 28.9 Å². The summed E-state index contributed by atoms with van der Waals surface area (Å²) in [4.78, 5) is 52.1. The number of hydrogen-bond acceptors (Lipinski definition) is 7. The van der Waals surface area contributed by atoms with Crippen LogP contribution in [-0.4, -0.2) is 69.4 Å². The molecule has 8 nitrogen and oxygen atoms in total. The first-order valence-corrected chi connectivity index (χ1v) is 15.8. The maximum Gasteiger partial charge on any atom is 0.573 e. The van der Waals surface area contributed by atoms with Crippen LogP contribution in [0.4, 0.5) is 13.2 Å². The van der Waals surface area contributed by atoms with E-state index in [0.29, 0.717) is 54.9 Å². The van der Waals surface area contributed by atoms with E-state index in [1.165, 1.54) is 40.5 Å². The van der Waals surface area contributed by atoms with Crippen molar-refractivity contribution < 1.29 is 32.3 Å². The second kappa shape index (κ2) is 13.8. The minimum atomic E-state index is -4.79. The number of aryl methyl sites for hydroxylation is 1. The van der Waals surface area contributed by atoms with Crippen molar-refractivity contribution in [1.82, 2.24) is 19.8 Å². The van der Waals surface area contributed by atoms with E-state index in [4.69, 9.17) is 0 Å². The largest absolute Gasteiger partial charge is 0.573 e. The van der Waals surface area contributed by atoms with Crippen molar-refractivity contribution in [2.45, 2.75) is 51.9 Å². The van der Waals surface area contributed by atoms with Crippen LogP contribution in [0.1, 0.15) is 74.5 Å². The number of likely N-dealkylation sites (N-methyl/N-ethyl adjacent to an activating group) is 1. The highest BCUT2D eigenvalue weighted by Gasteiger charge is 2.32. The molecule has 2 amide bonds. The van der Waals surface area contributed by atoms with Gasteiger partial charge in [-0.05, 0) is 80.6 Å². The molecule has 0 aliphatic carbocycles. The molecule has 4 aromatic rings. The van der Waals surface area contributed by atoms with Crippen LogP contribution in [0.25, 0.3) is 11.1 Å². The quantitative estimate of drug-likeness (QED) is 0.179. The molecule has 3 heterocycles. The molecule has 1 aliphatic rings. The lowest BCUT2D eigenvalue weighted by Gasteiger charge is -2.32. The van der Waals surface area contributed by atoms with Crippen LogP contribution >= 0.6 is 11.3 Å². The Hall–Kier alpha value is -4.58. The highest BCUT2D eigenvalue weighted by molar-refractivity contribution is 7.09. The number of ether oxygens (including phenoxy) is 1. The first kappa shape index (κ1) is 32.8. The molecular formula is C34H33F3N4O4S. The smallest absolute Gasteiger partial charge is 0.406 e. The number of aromatic nitrogens is 2. The van der Waals surface area contributed by atoms with E-state index in [-0.39, 0.29) is 35.0 Å². The zero-order valence-electron chi connectivity index (χ0n) is 25.6. The summed E-state index contributed by atoms with van der Waals surface area (Å²) in [6, 6.07) is 15.3. The van der Waals surface area contributed by atoms with Crippen LogP contribution in [0, 0.1) is 6.92 Å². The Morgan fingerprint density at radius 3 is 2.37 bits per heavy atom. The molecule has 0 bridgehead atoms. The Morgan fingerprint density at radius 2 is 1.74 bits per heavy atom. The molecule has 1 saturated heterocycles. The van der Waals surface area contributed by atoms with Crippen LogP contribution in [0.5, 0.6) is 5.75 Å². The Balaban J connectivity index is 1.24. The molecule has 46 heavy (non-hydrogen) atoms. The molecule has 1 fully saturated rings. The number of amides is 2. The number of Topliss-reactive ketones (excluding diaryl/α,β-unsaturated/α-hetero) is 1. The van der Waals surface area contributed by atoms with Gasteiger partial charge in [0.15, 0.2) is 0 Å². The number of ketones is 1. The summed E-state index contributed by atoms with van der Waals surface area (Å²) in [6.45, 7) is 6.66. The van der Waals surface area contributed by atoms with E-state index in [1.54, 1.807) is 53.7 Å². The van der Waals surface area contributed by atoms with Gasteiger partial charge in [0.05, 0.1) is 11.0 Å². The average Bonchev–Trinajstić information content (AvgIpc) is 3.55. The first-order valence-electron chi connectivity index (χ1n) is 14.9. The normalized spacial score (nSPS) is 14.5. The van der Waals surface area contributed by atoms with Crippen molar-refractivity contribution in [3.8, 4) is 16.9 Å². The molecule has 2 aromatic carbocycles. The fourth-order valence-electron chi connectivity index (χ4n) is 5.73. The number of piperidine rings is 1. The third-order valence-corrected chi connectivity index (χ3v) is 9.13. The number of halogens is 3. The van der Waals surface area contributed by atoms with Crippen molar-refractivity contribution in [1.29, 1.82) is 0 Å². The number of carbonyl (C=O) groups excluding carboxylic acids is 3. The number of likely N-dealkylation sites (tertiary alicyclic amines) is 1. The number of rotatable bonds is 9. The van der Waals surface area contributed by atoms with Gasteiger partial charge in [0, 0.05) is 42.7 Å². The minimum Gasteiger partial charge on any atom is -0.406 e. The number of pyridine rings is 1. The summed E-state index contributed by atoms with van der Waals surface area (Å²) >= 11 is 1.40. The van der Waals surface area contributed by atoms with Crippen LogP contribution < -0.4 is 4.74 Å². The van der Waals surface area contributed by atoms with Gasteiger partial charge < -0.3 is 14.5 Å². The van der Waals surface area contributed by atoms with Gasteiger partial charge in [0.1, 0.15) is 17.1 Å². The van der Waals surface area contributed by atoms with Gasteiger partial charge in [-0.25, -0.2) is 4.98 Å². The zero-order chi connectivity index (χ0) is 33.0. The Kier molecular flexibility index (Phi) is 9.85. The Bertz CT molecular complexity index is 1700. The molecule has 0 N–H and O–H groups in total. The fourth-order valence-corrected chi connectivity index (χ4v) is 6.70. The van der Waals surface area contributed by atoms with Crippen LogP contribution in [0.2, 0.25) is 0 Å². The monoisotopic (exact) mass is 650 g/mol. The zero-order valence-corrected chi connectivity index (χ0v) is 26.4. The SMILES string of the molecule is CCN(C(=O)c1csc(C2CCN(C(=O)c3cccc(C)c3-c3ccc(OC(F)(F)F)cc3)CC2)n1)C(C)C(=O)c1ccccn1. The molecule has 1 aliphatic heterocycles. The second-order valence-corrected chi connectivity index (χ2v) is 11.9. The molecule has 0 spiro atoms. The molecule has 5 rings (SSSR count). The highest BCUT2D eigenvalue weighted by atomic mass is 32.1. The topological polar surface area (TPSA) is 92.7 Å². The molecule has 1 unspecified atom stereocenters. The van der Waals surface area contributed by atoms with Crippen molar-refractivity contribution in [3.05, 3.63) is 99.8 Å². The van der Waals surface area contributed by atoms with Crippen LogP contribution in [0.15, 0.2) is 72.2 Å². The van der Waals surface area contributed by atoms with E-state index < -0.39 is 12.4 Å². The molecule has 1 atom stereocenters. The van der Waals surface area contributed by atoms with Crippen molar-refractivity contribution in [2.24, 2.45) is 0 Å². The van der Waals surface area contributed by atoms with Gasteiger partial charge >= 0.3 is 6.36 Å². The average molecular weight is 651 g/mol. The second-order valence-electron chi connectivity index (χ2n) is 11.1. The lowest BCUT2D eigenvalue weighted by atomic mass is 9.92. The van der Waals surface area contributed by atoms with Gasteiger partial charge in [0.2, 0.25) is 5.78 Å². The maximum atomic E-state index is 13.7. The van der Waals surface area contributed by atoms with E-state index in [0.717, 1.165) is 10.6 Å². The molecule has 0 saturated carbocycles. The van der Waals surface area contributed by atoms with E-state index in [2.05, 4.69) is 14.7 Å². The molecule has 2 aromatic heterocycles. The third kappa shape index (κ3) is 7.28. The predicted molar refractivity (Wildman–Crippen MR) is 168 cm³/mol. The van der Waals surface area contributed by atoms with Crippen LogP contribution in [-0.2, 0) is 0 Å². The molecule has 0 radical (unpaired) electrons. The number of alkyl halides is 3. The summed E-state index contributed by atoms with van der Waals surface area (Å²) in [6.07, 6.45) is -1.93. The van der Waals surface area contributed by atoms with E-state index in [9.17, 15) is 27.6 Å². The minimum absolute atomic E-state index is 0.0661. The number of hydrogen-bond donors (Lipinski definition) is 0. The van der Waals surface area contributed by atoms with Gasteiger partial charge in [-0.2, -0.15) is 0 Å². The van der Waals surface area contributed by atoms with Crippen molar-refractivity contribution in [2.75, 3.05) is 19.6 Å². The summed E-state index contributed by atoms with van der Waals surface area (Å²) in [5.74, 6) is -0.988. The lowest BCUT2D eigenvalue weighted by molar-refractivity contribution is -0.274. The van der Waals surface area contributed by atoms with Crippen LogP contribution in [0.3, 0.4) is 0 Å². The molecular weight excluding hydrogens is 617 g/mol. The molecule has 12 heteroatoms. The Labute approximate surface area is 268 Å². The number of thiazole rings is 1. The molecule has 240 valence electrons. The lowest BCUT2D eigenvalue weighted by Crippen LogP contribution is -2.43. The predicted octanol–water partition coefficient (Wildman–Crippen LogP) is 7.17. The van der Waals surface area contributed by atoms with E-state index >= 15 is 0 Å². The van der Waals surface area contributed by atoms with Crippen molar-refractivity contribution in [3.63, 3.8) is 0 Å². The summed E-state index contributed by atoms with van der Waals surface area (Å²) in [5, 5.41) is 2.53. The van der Waals surface area contributed by atoms with Gasteiger partial charge in [-0.1, -0.05) is 30.3 Å². The standard InChI is InChI=1S/C34H33F3N4O4S/c1-4-41(22(3)30(42)27-10-5-6-17-38-27)33(44)28-20-46-31(39-28)24-15-18-40(19-16-24)32(43)26-9-7-8-21(2)29(26)23-11-13-25(14-12-23)45-34(35,36)37/h5-14,17,20,22,24H,4,15-16,18-19H2,1-3H3. The Morgan fingerprint density at radius 1 is 1.02 bits per heavy atom. The fraction of sp³-hybridized carbons (Fsp3) is 0.324.